The van der Waals surface area contributed by atoms with Crippen LogP contribution in [0.2, 0.25) is 0 Å². The average molecular weight is 183 g/mol. The minimum atomic E-state index is 0.0870. The van der Waals surface area contributed by atoms with Gasteiger partial charge in [-0.3, -0.25) is 0 Å². The lowest BCUT2D eigenvalue weighted by atomic mass is 9.62. The van der Waals surface area contributed by atoms with E-state index in [0.717, 1.165) is 5.92 Å². The van der Waals surface area contributed by atoms with Crippen molar-refractivity contribution >= 4 is 0 Å². The van der Waals surface area contributed by atoms with Gasteiger partial charge < -0.3 is 5.73 Å². The van der Waals surface area contributed by atoms with Crippen LogP contribution in [0.1, 0.15) is 59.8 Å². The predicted molar refractivity (Wildman–Crippen MR) is 58.6 cm³/mol. The Morgan fingerprint density at radius 2 is 1.85 bits per heavy atom. The summed E-state index contributed by atoms with van der Waals surface area (Å²) < 4.78 is 0. The van der Waals surface area contributed by atoms with Crippen molar-refractivity contribution in [3.05, 3.63) is 0 Å². The molecule has 0 heterocycles. The molecule has 1 heteroatoms. The molecule has 1 saturated carbocycles. The molecule has 1 aliphatic rings. The van der Waals surface area contributed by atoms with E-state index in [4.69, 9.17) is 5.73 Å². The van der Waals surface area contributed by atoms with Gasteiger partial charge in [0.1, 0.15) is 0 Å². The second-order valence-corrected chi connectivity index (χ2v) is 5.68. The van der Waals surface area contributed by atoms with Gasteiger partial charge in [-0.1, -0.05) is 33.6 Å². The monoisotopic (exact) mass is 183 g/mol. The van der Waals surface area contributed by atoms with Gasteiger partial charge in [0.15, 0.2) is 0 Å². The van der Waals surface area contributed by atoms with Crippen LogP contribution in [0.5, 0.6) is 0 Å². The molecule has 1 fully saturated rings. The van der Waals surface area contributed by atoms with Crippen LogP contribution < -0.4 is 5.73 Å². The molecule has 0 aromatic carbocycles. The van der Waals surface area contributed by atoms with Crippen molar-refractivity contribution in [2.24, 2.45) is 17.1 Å². The van der Waals surface area contributed by atoms with Crippen molar-refractivity contribution in [2.75, 3.05) is 0 Å². The largest absolute Gasteiger partial charge is 0.325 e. The maximum atomic E-state index is 6.29. The quantitative estimate of drug-likeness (QED) is 0.698. The molecule has 0 amide bonds. The van der Waals surface area contributed by atoms with E-state index in [1.54, 1.807) is 0 Å². The molecule has 3 atom stereocenters. The Bertz CT molecular complexity index is 174. The van der Waals surface area contributed by atoms with Crippen LogP contribution in [0.15, 0.2) is 0 Å². The molecule has 1 nitrogen and oxygen atoms in total. The van der Waals surface area contributed by atoms with Crippen molar-refractivity contribution in [1.29, 1.82) is 0 Å². The maximum Gasteiger partial charge on any atom is 0.0133 e. The van der Waals surface area contributed by atoms with E-state index in [9.17, 15) is 0 Å². The van der Waals surface area contributed by atoms with E-state index in [-0.39, 0.29) is 5.54 Å². The van der Waals surface area contributed by atoms with Gasteiger partial charge in [-0.2, -0.15) is 0 Å². The first-order valence-corrected chi connectivity index (χ1v) is 5.70. The van der Waals surface area contributed by atoms with Gasteiger partial charge in [0.2, 0.25) is 0 Å². The van der Waals surface area contributed by atoms with Gasteiger partial charge in [-0.25, -0.2) is 0 Å². The van der Waals surface area contributed by atoms with Crippen LogP contribution in [0.25, 0.3) is 0 Å². The van der Waals surface area contributed by atoms with Crippen LogP contribution in [0.4, 0.5) is 0 Å². The Labute approximate surface area is 83.1 Å². The average Bonchev–Trinajstić information content (AvgIpc) is 2.01. The molecular formula is C12H25N. The molecule has 0 bridgehead atoms. The Balaban J connectivity index is 2.71. The summed E-state index contributed by atoms with van der Waals surface area (Å²) in [5.74, 6) is 0.855. The lowest BCUT2D eigenvalue weighted by Crippen LogP contribution is -2.47. The summed E-state index contributed by atoms with van der Waals surface area (Å²) in [6, 6.07) is 0. The van der Waals surface area contributed by atoms with Gasteiger partial charge in [-0.15, -0.1) is 0 Å². The first-order valence-electron chi connectivity index (χ1n) is 5.70. The molecule has 1 aliphatic carbocycles. The minimum absolute atomic E-state index is 0.0870. The van der Waals surface area contributed by atoms with Crippen molar-refractivity contribution < 1.29 is 0 Å². The number of rotatable bonds is 2. The highest BCUT2D eigenvalue weighted by atomic mass is 14.7. The highest BCUT2D eigenvalue weighted by Gasteiger charge is 2.39. The summed E-state index contributed by atoms with van der Waals surface area (Å²) >= 11 is 0. The smallest absolute Gasteiger partial charge is 0.0133 e. The first kappa shape index (κ1) is 11.0. The summed E-state index contributed by atoms with van der Waals surface area (Å²) in [6.45, 7) is 9.22. The standard InChI is InChI=1S/C12H25N/c1-5-10-7-11(3,6-2)9-12(4,13)8-10/h10H,5-9,13H2,1-4H3. The van der Waals surface area contributed by atoms with E-state index < -0.39 is 0 Å². The van der Waals surface area contributed by atoms with Gasteiger partial charge >= 0.3 is 0 Å². The molecule has 3 unspecified atom stereocenters. The fraction of sp³-hybridized carbons (Fsp3) is 1.00. The van der Waals surface area contributed by atoms with Gasteiger partial charge in [0.25, 0.3) is 0 Å². The van der Waals surface area contributed by atoms with E-state index >= 15 is 0 Å². The normalized spacial score (nSPS) is 46.4. The van der Waals surface area contributed by atoms with E-state index in [2.05, 4.69) is 27.7 Å². The molecule has 0 spiro atoms. The summed E-state index contributed by atoms with van der Waals surface area (Å²) in [5.41, 5.74) is 6.88. The first-order chi connectivity index (χ1) is 5.91. The second kappa shape index (κ2) is 3.61. The van der Waals surface area contributed by atoms with Crippen LogP contribution in [-0.4, -0.2) is 5.54 Å². The molecule has 0 radical (unpaired) electrons. The van der Waals surface area contributed by atoms with E-state index in [0.29, 0.717) is 5.41 Å². The van der Waals surface area contributed by atoms with Crippen LogP contribution >= 0.6 is 0 Å². The Morgan fingerprint density at radius 1 is 1.23 bits per heavy atom. The Hall–Kier alpha value is -0.0400. The molecule has 0 saturated heterocycles. The highest BCUT2D eigenvalue weighted by molar-refractivity contribution is 4.95. The fourth-order valence-corrected chi connectivity index (χ4v) is 3.11. The number of nitrogens with two attached hydrogens (primary N) is 1. The van der Waals surface area contributed by atoms with E-state index in [1.807, 2.05) is 0 Å². The third kappa shape index (κ3) is 2.70. The zero-order valence-corrected chi connectivity index (χ0v) is 9.69. The molecule has 0 aliphatic heterocycles. The molecule has 1 rings (SSSR count). The molecule has 0 aromatic heterocycles. The van der Waals surface area contributed by atoms with Gasteiger partial charge in [-0.05, 0) is 37.5 Å². The van der Waals surface area contributed by atoms with Crippen molar-refractivity contribution in [1.82, 2.24) is 0 Å². The van der Waals surface area contributed by atoms with Gasteiger partial charge in [0, 0.05) is 5.54 Å². The molecule has 2 N–H and O–H groups in total. The Morgan fingerprint density at radius 3 is 2.31 bits per heavy atom. The summed E-state index contributed by atoms with van der Waals surface area (Å²) in [4.78, 5) is 0. The third-order valence-electron chi connectivity index (χ3n) is 3.80. The lowest BCUT2D eigenvalue weighted by Gasteiger charge is -2.46. The summed E-state index contributed by atoms with van der Waals surface area (Å²) in [5, 5.41) is 0. The SMILES string of the molecule is CCC1CC(C)(N)CC(C)(CC)C1. The summed E-state index contributed by atoms with van der Waals surface area (Å²) in [7, 11) is 0. The van der Waals surface area contributed by atoms with Crippen LogP contribution in [0, 0.1) is 11.3 Å². The van der Waals surface area contributed by atoms with Crippen LogP contribution in [-0.2, 0) is 0 Å². The molecule has 0 aromatic rings. The lowest BCUT2D eigenvalue weighted by molar-refractivity contribution is 0.0885. The Kier molecular flexibility index (Phi) is 3.06. The molecule has 78 valence electrons. The molecular weight excluding hydrogens is 158 g/mol. The maximum absolute atomic E-state index is 6.29. The highest BCUT2D eigenvalue weighted by Crippen LogP contribution is 2.45. The fourth-order valence-electron chi connectivity index (χ4n) is 3.11. The topological polar surface area (TPSA) is 26.0 Å². The van der Waals surface area contributed by atoms with Crippen LogP contribution in [0.3, 0.4) is 0 Å². The zero-order valence-electron chi connectivity index (χ0n) is 9.69. The minimum Gasteiger partial charge on any atom is -0.325 e. The molecule has 13 heavy (non-hydrogen) atoms. The van der Waals surface area contributed by atoms with Crippen molar-refractivity contribution in [2.45, 2.75) is 65.3 Å². The van der Waals surface area contributed by atoms with E-state index in [1.165, 1.54) is 32.1 Å². The summed E-state index contributed by atoms with van der Waals surface area (Å²) in [6.07, 6.45) is 6.37. The second-order valence-electron chi connectivity index (χ2n) is 5.68. The number of hydrogen-bond donors (Lipinski definition) is 1. The van der Waals surface area contributed by atoms with Gasteiger partial charge in [0.05, 0.1) is 0 Å². The number of hydrogen-bond acceptors (Lipinski definition) is 1. The van der Waals surface area contributed by atoms with Crippen molar-refractivity contribution in [3.63, 3.8) is 0 Å². The zero-order chi connectivity index (χ0) is 10.1. The van der Waals surface area contributed by atoms with Crippen molar-refractivity contribution in [3.8, 4) is 0 Å². The third-order valence-corrected chi connectivity index (χ3v) is 3.80. The predicted octanol–water partition coefficient (Wildman–Crippen LogP) is 3.33.